The Bertz CT molecular complexity index is 579. The minimum absolute atomic E-state index is 0.0554. The summed E-state index contributed by atoms with van der Waals surface area (Å²) in [5.41, 5.74) is 10.0. The lowest BCUT2D eigenvalue weighted by Gasteiger charge is -2.31. The average Bonchev–Trinajstić information content (AvgIpc) is 2.47. The molecule has 0 radical (unpaired) electrons. The molecule has 0 saturated heterocycles. The largest absolute Gasteiger partial charge is 0.485 e. The minimum atomic E-state index is 0.0554. The lowest BCUT2D eigenvalue weighted by Crippen LogP contribution is -2.24. The lowest BCUT2D eigenvalue weighted by molar-refractivity contribution is 0.160. The van der Waals surface area contributed by atoms with E-state index >= 15 is 0 Å². The fraction of sp³-hybridized carbons (Fsp3) is 0.294. The molecule has 1 heterocycles. The van der Waals surface area contributed by atoms with Crippen molar-refractivity contribution >= 4 is 0 Å². The summed E-state index contributed by atoms with van der Waals surface area (Å²) in [7, 11) is 0. The van der Waals surface area contributed by atoms with Crippen LogP contribution in [0.1, 0.15) is 42.2 Å². The molecule has 0 aliphatic carbocycles. The molecule has 0 fully saturated rings. The number of benzene rings is 2. The van der Waals surface area contributed by atoms with E-state index in [0.717, 1.165) is 24.2 Å². The van der Waals surface area contributed by atoms with Crippen molar-refractivity contribution in [2.75, 3.05) is 0 Å². The van der Waals surface area contributed by atoms with Crippen molar-refractivity contribution in [3.05, 3.63) is 65.2 Å². The van der Waals surface area contributed by atoms with Gasteiger partial charge in [0, 0.05) is 18.0 Å². The van der Waals surface area contributed by atoms with Gasteiger partial charge in [0.15, 0.2) is 0 Å². The van der Waals surface area contributed by atoms with Gasteiger partial charge in [0.05, 0.1) is 0 Å². The zero-order chi connectivity index (χ0) is 13.2. The summed E-state index contributed by atoms with van der Waals surface area (Å²) in [5.74, 6) is 0.928. The third kappa shape index (κ3) is 2.24. The number of rotatable bonds is 2. The zero-order valence-corrected chi connectivity index (χ0v) is 11.2. The number of hydrogen-bond acceptors (Lipinski definition) is 2. The summed E-state index contributed by atoms with van der Waals surface area (Å²) in [4.78, 5) is 0. The Morgan fingerprint density at radius 3 is 2.53 bits per heavy atom. The van der Waals surface area contributed by atoms with Crippen molar-refractivity contribution in [1.29, 1.82) is 0 Å². The SMILES string of the molecule is CCc1ccccc1C1C[C@@H](N)c2ccccc2O1. The van der Waals surface area contributed by atoms with Gasteiger partial charge in [-0.15, -0.1) is 0 Å². The van der Waals surface area contributed by atoms with E-state index in [4.69, 9.17) is 10.5 Å². The van der Waals surface area contributed by atoms with Crippen molar-refractivity contribution in [3.63, 3.8) is 0 Å². The molecule has 1 aliphatic rings. The standard InChI is InChI=1S/C17H19NO/c1-2-12-7-3-4-8-13(12)17-11-15(18)14-9-5-6-10-16(14)19-17/h3-10,15,17H,2,11,18H2,1H3/t15-,17?/m1/s1. The van der Waals surface area contributed by atoms with Gasteiger partial charge in [-0.05, 0) is 23.6 Å². The van der Waals surface area contributed by atoms with Gasteiger partial charge in [0.2, 0.25) is 0 Å². The summed E-state index contributed by atoms with van der Waals surface area (Å²) in [6, 6.07) is 16.6. The highest BCUT2D eigenvalue weighted by Gasteiger charge is 2.27. The van der Waals surface area contributed by atoms with Crippen LogP contribution in [0, 0.1) is 0 Å². The maximum atomic E-state index is 6.29. The van der Waals surface area contributed by atoms with Crippen LogP contribution in [0.25, 0.3) is 0 Å². The third-order valence-electron chi connectivity index (χ3n) is 3.84. The van der Waals surface area contributed by atoms with Gasteiger partial charge in [-0.3, -0.25) is 0 Å². The minimum Gasteiger partial charge on any atom is -0.485 e. The predicted molar refractivity (Wildman–Crippen MR) is 77.2 cm³/mol. The van der Waals surface area contributed by atoms with Crippen LogP contribution in [0.15, 0.2) is 48.5 Å². The molecule has 1 aliphatic heterocycles. The van der Waals surface area contributed by atoms with Gasteiger partial charge < -0.3 is 10.5 Å². The molecule has 2 aromatic carbocycles. The van der Waals surface area contributed by atoms with Crippen LogP contribution < -0.4 is 10.5 Å². The smallest absolute Gasteiger partial charge is 0.126 e. The normalized spacial score (nSPS) is 21.6. The summed E-state index contributed by atoms with van der Waals surface area (Å²) >= 11 is 0. The first-order chi connectivity index (χ1) is 9.29. The lowest BCUT2D eigenvalue weighted by atomic mass is 9.91. The van der Waals surface area contributed by atoms with Gasteiger partial charge in [0.1, 0.15) is 11.9 Å². The molecule has 2 aromatic rings. The monoisotopic (exact) mass is 253 g/mol. The topological polar surface area (TPSA) is 35.2 Å². The molecule has 19 heavy (non-hydrogen) atoms. The Morgan fingerprint density at radius 1 is 1.05 bits per heavy atom. The quantitative estimate of drug-likeness (QED) is 0.884. The predicted octanol–water partition coefficient (Wildman–Crippen LogP) is 3.77. The Hall–Kier alpha value is -1.80. The fourth-order valence-corrected chi connectivity index (χ4v) is 2.81. The van der Waals surface area contributed by atoms with E-state index in [0.29, 0.717) is 0 Å². The Morgan fingerprint density at radius 2 is 1.74 bits per heavy atom. The van der Waals surface area contributed by atoms with Crippen LogP contribution in [0.3, 0.4) is 0 Å². The third-order valence-corrected chi connectivity index (χ3v) is 3.84. The molecule has 0 amide bonds. The molecule has 2 atom stereocenters. The summed E-state index contributed by atoms with van der Waals surface area (Å²) < 4.78 is 6.15. The molecule has 1 unspecified atom stereocenters. The first kappa shape index (κ1) is 12.2. The van der Waals surface area contributed by atoms with Crippen LogP contribution in [0.2, 0.25) is 0 Å². The average molecular weight is 253 g/mol. The molecule has 3 rings (SSSR count). The van der Waals surface area contributed by atoms with Crippen LogP contribution in [-0.2, 0) is 6.42 Å². The maximum absolute atomic E-state index is 6.29. The van der Waals surface area contributed by atoms with Crippen LogP contribution in [-0.4, -0.2) is 0 Å². The van der Waals surface area contributed by atoms with E-state index in [9.17, 15) is 0 Å². The molecule has 0 aromatic heterocycles. The second-order valence-electron chi connectivity index (χ2n) is 5.04. The Kier molecular flexibility index (Phi) is 3.26. The molecule has 0 bridgehead atoms. The van der Waals surface area contributed by atoms with Crippen molar-refractivity contribution in [2.24, 2.45) is 5.73 Å². The van der Waals surface area contributed by atoms with E-state index in [-0.39, 0.29) is 12.1 Å². The first-order valence-corrected chi connectivity index (χ1v) is 6.88. The molecule has 2 heteroatoms. The molecular formula is C17H19NO. The molecule has 0 spiro atoms. The second-order valence-corrected chi connectivity index (χ2v) is 5.04. The van der Waals surface area contributed by atoms with Gasteiger partial charge in [-0.25, -0.2) is 0 Å². The Balaban J connectivity index is 1.97. The van der Waals surface area contributed by atoms with Crippen molar-refractivity contribution in [1.82, 2.24) is 0 Å². The van der Waals surface area contributed by atoms with E-state index in [2.05, 4.69) is 37.3 Å². The van der Waals surface area contributed by atoms with Gasteiger partial charge in [0.25, 0.3) is 0 Å². The summed E-state index contributed by atoms with van der Waals surface area (Å²) in [6.07, 6.45) is 1.93. The zero-order valence-electron chi connectivity index (χ0n) is 11.2. The van der Waals surface area contributed by atoms with Crippen LogP contribution >= 0.6 is 0 Å². The summed E-state index contributed by atoms with van der Waals surface area (Å²) in [5, 5.41) is 0. The number of hydrogen-bond donors (Lipinski definition) is 1. The molecule has 2 N–H and O–H groups in total. The highest BCUT2D eigenvalue weighted by molar-refractivity contribution is 5.40. The van der Waals surface area contributed by atoms with E-state index in [1.807, 2.05) is 18.2 Å². The molecular weight excluding hydrogens is 234 g/mol. The van der Waals surface area contributed by atoms with E-state index < -0.39 is 0 Å². The second kappa shape index (κ2) is 5.06. The van der Waals surface area contributed by atoms with Crippen molar-refractivity contribution in [2.45, 2.75) is 31.9 Å². The van der Waals surface area contributed by atoms with E-state index in [1.54, 1.807) is 0 Å². The molecule has 0 saturated carbocycles. The number of fused-ring (bicyclic) bond motifs is 1. The van der Waals surface area contributed by atoms with Crippen molar-refractivity contribution in [3.8, 4) is 5.75 Å². The number of ether oxygens (including phenoxy) is 1. The van der Waals surface area contributed by atoms with Gasteiger partial charge in [-0.1, -0.05) is 49.4 Å². The molecule has 98 valence electrons. The van der Waals surface area contributed by atoms with Crippen molar-refractivity contribution < 1.29 is 4.74 Å². The number of aryl methyl sites for hydroxylation is 1. The first-order valence-electron chi connectivity index (χ1n) is 6.88. The van der Waals surface area contributed by atoms with Crippen LogP contribution in [0.5, 0.6) is 5.75 Å². The number of nitrogens with two attached hydrogens (primary N) is 1. The Labute approximate surface area is 114 Å². The van der Waals surface area contributed by atoms with Gasteiger partial charge >= 0.3 is 0 Å². The number of para-hydroxylation sites is 1. The highest BCUT2D eigenvalue weighted by atomic mass is 16.5. The van der Waals surface area contributed by atoms with Crippen LogP contribution in [0.4, 0.5) is 0 Å². The van der Waals surface area contributed by atoms with E-state index in [1.165, 1.54) is 11.1 Å². The maximum Gasteiger partial charge on any atom is 0.126 e. The highest BCUT2D eigenvalue weighted by Crippen LogP contribution is 2.40. The molecule has 2 nitrogen and oxygen atoms in total. The fourth-order valence-electron chi connectivity index (χ4n) is 2.81. The van der Waals surface area contributed by atoms with Gasteiger partial charge in [-0.2, -0.15) is 0 Å². The summed E-state index contributed by atoms with van der Waals surface area (Å²) in [6.45, 7) is 2.18.